The van der Waals surface area contributed by atoms with Crippen molar-refractivity contribution in [3.8, 4) is 0 Å². The fourth-order valence-electron chi connectivity index (χ4n) is 1.85. The molecule has 0 unspecified atom stereocenters. The molecule has 0 radical (unpaired) electrons. The summed E-state index contributed by atoms with van der Waals surface area (Å²) in [7, 11) is -0.260. The summed E-state index contributed by atoms with van der Waals surface area (Å²) in [4.78, 5) is 0. The SMILES string of the molecule is CC(C)=CCP(c1ccccc1)c1ccccc1. The van der Waals surface area contributed by atoms with Gasteiger partial charge < -0.3 is 0 Å². The van der Waals surface area contributed by atoms with Crippen LogP contribution < -0.4 is 10.6 Å². The summed E-state index contributed by atoms with van der Waals surface area (Å²) in [6.07, 6.45) is 3.48. The minimum absolute atomic E-state index is 0.260. The molecule has 0 aliphatic rings. The maximum Gasteiger partial charge on any atom is -0.00617 e. The van der Waals surface area contributed by atoms with Crippen LogP contribution in [0.3, 0.4) is 0 Å². The molecular weight excluding hydrogens is 235 g/mol. The van der Waals surface area contributed by atoms with Gasteiger partial charge in [-0.2, -0.15) is 0 Å². The van der Waals surface area contributed by atoms with Crippen LogP contribution in [0.25, 0.3) is 0 Å². The monoisotopic (exact) mass is 254 g/mol. The minimum atomic E-state index is -0.260. The largest absolute Gasteiger partial charge is 0.0810 e. The second-order valence-corrected chi connectivity index (χ2v) is 6.82. The smallest absolute Gasteiger partial charge is 0.00617 e. The van der Waals surface area contributed by atoms with Gasteiger partial charge in [0.05, 0.1) is 0 Å². The van der Waals surface area contributed by atoms with Gasteiger partial charge in [0.1, 0.15) is 0 Å². The zero-order chi connectivity index (χ0) is 12.8. The van der Waals surface area contributed by atoms with E-state index in [0.717, 1.165) is 6.16 Å². The van der Waals surface area contributed by atoms with Crippen LogP contribution in [0.1, 0.15) is 13.8 Å². The van der Waals surface area contributed by atoms with Crippen LogP contribution in [0.15, 0.2) is 72.3 Å². The molecule has 0 aliphatic heterocycles. The zero-order valence-corrected chi connectivity index (χ0v) is 11.9. The summed E-state index contributed by atoms with van der Waals surface area (Å²) in [6, 6.07) is 21.7. The summed E-state index contributed by atoms with van der Waals surface area (Å²) in [5.74, 6) is 0. The van der Waals surface area contributed by atoms with Crippen molar-refractivity contribution in [2.75, 3.05) is 6.16 Å². The highest BCUT2D eigenvalue weighted by Crippen LogP contribution is 2.33. The fraction of sp³-hybridized carbons (Fsp3) is 0.176. The molecule has 0 heterocycles. The summed E-state index contributed by atoms with van der Waals surface area (Å²) >= 11 is 0. The van der Waals surface area contributed by atoms with Gasteiger partial charge in [-0.3, -0.25) is 0 Å². The second kappa shape index (κ2) is 6.52. The van der Waals surface area contributed by atoms with Crippen molar-refractivity contribution in [3.63, 3.8) is 0 Å². The van der Waals surface area contributed by atoms with Gasteiger partial charge in [0.25, 0.3) is 0 Å². The van der Waals surface area contributed by atoms with E-state index >= 15 is 0 Å². The molecule has 18 heavy (non-hydrogen) atoms. The average molecular weight is 254 g/mol. The van der Waals surface area contributed by atoms with Gasteiger partial charge in [0.15, 0.2) is 0 Å². The first kappa shape index (κ1) is 13.1. The molecule has 0 aromatic heterocycles. The third-order valence-corrected chi connectivity index (χ3v) is 5.21. The number of rotatable bonds is 4. The molecule has 0 fully saturated rings. The molecule has 0 nitrogen and oxygen atoms in total. The van der Waals surface area contributed by atoms with Crippen LogP contribution in [0, 0.1) is 0 Å². The normalized spacial score (nSPS) is 10.4. The Kier molecular flexibility index (Phi) is 4.73. The quantitative estimate of drug-likeness (QED) is 0.569. The topological polar surface area (TPSA) is 0 Å². The van der Waals surface area contributed by atoms with E-state index in [1.807, 2.05) is 0 Å². The highest BCUT2D eigenvalue weighted by molar-refractivity contribution is 7.73. The first-order valence-corrected chi connectivity index (χ1v) is 7.81. The zero-order valence-electron chi connectivity index (χ0n) is 11.0. The molecule has 0 bridgehead atoms. The van der Waals surface area contributed by atoms with Gasteiger partial charge in [-0.05, 0) is 38.5 Å². The van der Waals surface area contributed by atoms with Gasteiger partial charge in [0, 0.05) is 0 Å². The molecule has 2 aromatic rings. The van der Waals surface area contributed by atoms with Crippen LogP contribution in [0.2, 0.25) is 0 Å². The minimum Gasteiger partial charge on any atom is -0.0810 e. The van der Waals surface area contributed by atoms with E-state index in [1.54, 1.807) is 0 Å². The first-order chi connectivity index (χ1) is 8.77. The van der Waals surface area contributed by atoms with Gasteiger partial charge >= 0.3 is 0 Å². The third kappa shape index (κ3) is 3.55. The highest BCUT2D eigenvalue weighted by Gasteiger charge is 2.11. The lowest BCUT2D eigenvalue weighted by Crippen LogP contribution is -2.13. The Balaban J connectivity index is 2.32. The Hall–Kier alpha value is -1.39. The van der Waals surface area contributed by atoms with Crippen molar-refractivity contribution in [1.82, 2.24) is 0 Å². The summed E-state index contributed by atoms with van der Waals surface area (Å²) in [6.45, 7) is 4.34. The van der Waals surface area contributed by atoms with E-state index in [1.165, 1.54) is 16.2 Å². The molecule has 0 amide bonds. The van der Waals surface area contributed by atoms with E-state index in [9.17, 15) is 0 Å². The number of hydrogen-bond acceptors (Lipinski definition) is 0. The highest BCUT2D eigenvalue weighted by atomic mass is 31.1. The molecule has 92 valence electrons. The van der Waals surface area contributed by atoms with Crippen molar-refractivity contribution in [2.24, 2.45) is 0 Å². The number of benzene rings is 2. The second-order valence-electron chi connectivity index (χ2n) is 4.56. The van der Waals surface area contributed by atoms with E-state index in [4.69, 9.17) is 0 Å². The van der Waals surface area contributed by atoms with E-state index in [0.29, 0.717) is 0 Å². The van der Waals surface area contributed by atoms with Crippen molar-refractivity contribution in [2.45, 2.75) is 13.8 Å². The van der Waals surface area contributed by atoms with Crippen LogP contribution >= 0.6 is 7.92 Å². The Morgan fingerprint density at radius 2 is 1.28 bits per heavy atom. The van der Waals surface area contributed by atoms with E-state index in [-0.39, 0.29) is 7.92 Å². The summed E-state index contributed by atoms with van der Waals surface area (Å²) < 4.78 is 0. The van der Waals surface area contributed by atoms with E-state index in [2.05, 4.69) is 80.6 Å². The standard InChI is InChI=1S/C17H19P/c1-15(2)13-14-18(16-9-5-3-6-10-16)17-11-7-4-8-12-17/h3-13H,14H2,1-2H3. The van der Waals surface area contributed by atoms with Gasteiger partial charge in [-0.15, -0.1) is 0 Å². The lowest BCUT2D eigenvalue weighted by molar-refractivity contribution is 1.37. The van der Waals surface area contributed by atoms with E-state index < -0.39 is 0 Å². The van der Waals surface area contributed by atoms with Crippen molar-refractivity contribution in [3.05, 3.63) is 72.3 Å². The summed E-state index contributed by atoms with van der Waals surface area (Å²) in [5.41, 5.74) is 1.40. The molecule has 1 heteroatoms. The molecule has 2 aromatic carbocycles. The lowest BCUT2D eigenvalue weighted by Gasteiger charge is -2.17. The maximum absolute atomic E-state index is 2.35. The Labute approximate surface area is 111 Å². The predicted molar refractivity (Wildman–Crippen MR) is 83.4 cm³/mol. The molecule has 0 aliphatic carbocycles. The predicted octanol–water partition coefficient (Wildman–Crippen LogP) is 4.09. The van der Waals surface area contributed by atoms with Crippen molar-refractivity contribution in [1.29, 1.82) is 0 Å². The Morgan fingerprint density at radius 1 is 0.833 bits per heavy atom. The molecule has 0 N–H and O–H groups in total. The average Bonchev–Trinajstić information content (AvgIpc) is 2.41. The fourth-order valence-corrected chi connectivity index (χ4v) is 4.18. The van der Waals surface area contributed by atoms with Gasteiger partial charge in [-0.25, -0.2) is 0 Å². The Morgan fingerprint density at radius 3 is 1.67 bits per heavy atom. The van der Waals surface area contributed by atoms with Crippen molar-refractivity contribution >= 4 is 18.5 Å². The first-order valence-electron chi connectivity index (χ1n) is 6.28. The van der Waals surface area contributed by atoms with Gasteiger partial charge in [0.2, 0.25) is 0 Å². The molecule has 2 rings (SSSR count). The lowest BCUT2D eigenvalue weighted by atomic mass is 10.3. The van der Waals surface area contributed by atoms with Crippen LogP contribution in [0.5, 0.6) is 0 Å². The molecule has 0 saturated carbocycles. The molecule has 0 spiro atoms. The van der Waals surface area contributed by atoms with Crippen LogP contribution in [-0.2, 0) is 0 Å². The van der Waals surface area contributed by atoms with Crippen LogP contribution in [0.4, 0.5) is 0 Å². The number of allylic oxidation sites excluding steroid dienone is 2. The number of hydrogen-bond donors (Lipinski definition) is 0. The van der Waals surface area contributed by atoms with Crippen LogP contribution in [-0.4, -0.2) is 6.16 Å². The summed E-state index contributed by atoms with van der Waals surface area (Å²) in [5, 5.41) is 2.91. The molecular formula is C17H19P. The maximum atomic E-state index is 2.35. The molecule has 0 atom stereocenters. The third-order valence-electron chi connectivity index (χ3n) is 2.82. The molecule has 0 saturated heterocycles. The Bertz CT molecular complexity index is 456. The van der Waals surface area contributed by atoms with Crippen molar-refractivity contribution < 1.29 is 0 Å². The van der Waals surface area contributed by atoms with Gasteiger partial charge in [-0.1, -0.05) is 72.3 Å².